The molecule has 436 valence electrons. The molecule has 0 radical (unpaired) electrons. The fourth-order valence-corrected chi connectivity index (χ4v) is 10.1. The van der Waals surface area contributed by atoms with Gasteiger partial charge in [-0.3, -0.25) is 14.4 Å². The van der Waals surface area contributed by atoms with E-state index in [-0.39, 0.29) is 31.1 Å². The van der Waals surface area contributed by atoms with Gasteiger partial charge in [-0.05, 0) is 70.6 Å². The molecular formula is C68H128O6. The average molecular weight is 1040 g/mol. The Morgan fingerprint density at radius 3 is 0.676 bits per heavy atom. The predicted molar refractivity (Wildman–Crippen MR) is 321 cm³/mol. The highest BCUT2D eigenvalue weighted by Gasteiger charge is 2.19. The molecule has 74 heavy (non-hydrogen) atoms. The lowest BCUT2D eigenvalue weighted by molar-refractivity contribution is -0.167. The van der Waals surface area contributed by atoms with Gasteiger partial charge >= 0.3 is 17.9 Å². The summed E-state index contributed by atoms with van der Waals surface area (Å²) in [7, 11) is 0. The normalized spacial score (nSPS) is 12.1. The summed E-state index contributed by atoms with van der Waals surface area (Å²) in [5, 5.41) is 0. The first kappa shape index (κ1) is 71.9. The second-order valence-corrected chi connectivity index (χ2v) is 22.7. The van der Waals surface area contributed by atoms with Crippen molar-refractivity contribution < 1.29 is 28.6 Å². The highest BCUT2D eigenvalue weighted by Crippen LogP contribution is 2.18. The Labute approximate surface area is 462 Å². The van der Waals surface area contributed by atoms with Crippen LogP contribution in [0.4, 0.5) is 0 Å². The van der Waals surface area contributed by atoms with Crippen LogP contribution in [-0.4, -0.2) is 37.2 Å². The summed E-state index contributed by atoms with van der Waals surface area (Å²) < 4.78 is 17.0. The molecule has 0 amide bonds. The van der Waals surface area contributed by atoms with Crippen LogP contribution in [-0.2, 0) is 28.6 Å². The Morgan fingerprint density at radius 1 is 0.257 bits per heavy atom. The van der Waals surface area contributed by atoms with Crippen molar-refractivity contribution in [2.75, 3.05) is 13.2 Å². The van der Waals surface area contributed by atoms with Crippen LogP contribution in [0.1, 0.15) is 374 Å². The molecule has 0 bridgehead atoms. The third kappa shape index (κ3) is 60.8. The maximum atomic E-state index is 12.9. The third-order valence-corrected chi connectivity index (χ3v) is 15.2. The Hall–Kier alpha value is -2.11. The van der Waals surface area contributed by atoms with Crippen LogP contribution < -0.4 is 0 Å². The number of ether oxygens (including phenoxy) is 3. The Morgan fingerprint density at radius 2 is 0.446 bits per heavy atom. The molecule has 0 aromatic rings. The molecule has 0 spiro atoms. The molecular weight excluding hydrogens is 913 g/mol. The van der Waals surface area contributed by atoms with E-state index in [9.17, 15) is 14.4 Å². The SMILES string of the molecule is CCCCCCCCC/C=C\CCCCCCCCCC(=O)OC(COC(=O)CCCCCCC/C=C\CCCCCCCCC)COC(=O)CCCCCCCCCCCCCCCCCCCCCCCC. The molecule has 0 heterocycles. The largest absolute Gasteiger partial charge is 0.462 e. The van der Waals surface area contributed by atoms with Crippen molar-refractivity contribution in [2.45, 2.75) is 380 Å². The number of carbonyl (C=O) groups excluding carboxylic acids is 3. The first-order valence-electron chi connectivity index (χ1n) is 33.3. The molecule has 6 heteroatoms. The van der Waals surface area contributed by atoms with E-state index in [0.29, 0.717) is 19.3 Å². The van der Waals surface area contributed by atoms with Gasteiger partial charge in [-0.25, -0.2) is 0 Å². The van der Waals surface area contributed by atoms with E-state index >= 15 is 0 Å². The first-order valence-corrected chi connectivity index (χ1v) is 33.3. The van der Waals surface area contributed by atoms with Crippen LogP contribution in [0.25, 0.3) is 0 Å². The summed E-state index contributed by atoms with van der Waals surface area (Å²) >= 11 is 0. The van der Waals surface area contributed by atoms with Gasteiger partial charge in [-0.2, -0.15) is 0 Å². The Balaban J connectivity index is 4.30. The van der Waals surface area contributed by atoms with Gasteiger partial charge in [-0.1, -0.05) is 308 Å². The maximum Gasteiger partial charge on any atom is 0.306 e. The van der Waals surface area contributed by atoms with E-state index in [1.807, 2.05) is 0 Å². The van der Waals surface area contributed by atoms with E-state index in [0.717, 1.165) is 64.2 Å². The van der Waals surface area contributed by atoms with Crippen molar-refractivity contribution in [3.63, 3.8) is 0 Å². The molecule has 6 nitrogen and oxygen atoms in total. The van der Waals surface area contributed by atoms with Crippen molar-refractivity contribution in [3.05, 3.63) is 24.3 Å². The van der Waals surface area contributed by atoms with Crippen LogP contribution in [0, 0.1) is 0 Å². The fourth-order valence-electron chi connectivity index (χ4n) is 10.1. The van der Waals surface area contributed by atoms with Gasteiger partial charge in [0.25, 0.3) is 0 Å². The maximum absolute atomic E-state index is 12.9. The van der Waals surface area contributed by atoms with Crippen LogP contribution in [0.15, 0.2) is 24.3 Å². The molecule has 0 aliphatic rings. The van der Waals surface area contributed by atoms with E-state index in [2.05, 4.69) is 45.1 Å². The number of unbranched alkanes of at least 4 members (excludes halogenated alkanes) is 47. The molecule has 1 atom stereocenters. The zero-order chi connectivity index (χ0) is 53.6. The highest BCUT2D eigenvalue weighted by atomic mass is 16.6. The summed E-state index contributed by atoms with van der Waals surface area (Å²) in [6.07, 6.45) is 76.2. The highest BCUT2D eigenvalue weighted by molar-refractivity contribution is 5.71. The molecule has 0 aliphatic carbocycles. The molecule has 0 N–H and O–H groups in total. The van der Waals surface area contributed by atoms with Crippen molar-refractivity contribution >= 4 is 17.9 Å². The summed E-state index contributed by atoms with van der Waals surface area (Å²) in [4.78, 5) is 38.4. The van der Waals surface area contributed by atoms with E-state index < -0.39 is 6.10 Å². The van der Waals surface area contributed by atoms with Gasteiger partial charge in [0.15, 0.2) is 6.10 Å². The molecule has 0 saturated heterocycles. The zero-order valence-corrected chi connectivity index (χ0v) is 50.1. The second kappa shape index (κ2) is 63.4. The zero-order valence-electron chi connectivity index (χ0n) is 50.1. The van der Waals surface area contributed by atoms with Crippen molar-refractivity contribution in [3.8, 4) is 0 Å². The summed E-state index contributed by atoms with van der Waals surface area (Å²) in [6.45, 7) is 6.70. The lowest BCUT2D eigenvalue weighted by atomic mass is 10.0. The molecule has 0 aliphatic heterocycles. The van der Waals surface area contributed by atoms with E-state index in [4.69, 9.17) is 14.2 Å². The standard InChI is InChI=1S/C68H128O6/c1-4-7-10-13-16-19-22-25-28-31-33-34-35-36-38-40-43-46-49-52-55-58-61-67(70)73-64-65(63-72-66(69)60-57-54-51-48-45-42-39-30-27-24-21-18-15-12-9-6-3)74-68(71)62-59-56-53-50-47-44-41-37-32-29-26-23-20-17-14-11-8-5-2/h29-30,32,39,65H,4-28,31,33-38,40-64H2,1-3H3/b32-29-,39-30-. The minimum Gasteiger partial charge on any atom is -0.462 e. The topological polar surface area (TPSA) is 78.9 Å². The van der Waals surface area contributed by atoms with Crippen LogP contribution in [0.2, 0.25) is 0 Å². The fraction of sp³-hybridized carbons (Fsp3) is 0.897. The molecule has 0 fully saturated rings. The number of hydrogen-bond donors (Lipinski definition) is 0. The van der Waals surface area contributed by atoms with E-state index in [1.165, 1.54) is 270 Å². The number of carbonyl (C=O) groups is 3. The monoisotopic (exact) mass is 1040 g/mol. The number of rotatable bonds is 62. The van der Waals surface area contributed by atoms with Gasteiger partial charge in [0.05, 0.1) is 0 Å². The summed E-state index contributed by atoms with van der Waals surface area (Å²) in [6, 6.07) is 0. The Kier molecular flexibility index (Phi) is 61.6. The minimum absolute atomic E-state index is 0.0705. The predicted octanol–water partition coefficient (Wildman–Crippen LogP) is 22.6. The van der Waals surface area contributed by atoms with E-state index in [1.54, 1.807) is 0 Å². The number of esters is 3. The number of allylic oxidation sites excluding steroid dienone is 4. The van der Waals surface area contributed by atoms with Gasteiger partial charge in [0, 0.05) is 19.3 Å². The van der Waals surface area contributed by atoms with Gasteiger partial charge in [-0.15, -0.1) is 0 Å². The summed E-state index contributed by atoms with van der Waals surface area (Å²) in [5.74, 6) is -0.855. The smallest absolute Gasteiger partial charge is 0.306 e. The third-order valence-electron chi connectivity index (χ3n) is 15.2. The van der Waals surface area contributed by atoms with Crippen LogP contribution in [0.3, 0.4) is 0 Å². The minimum atomic E-state index is -0.775. The van der Waals surface area contributed by atoms with Crippen LogP contribution >= 0.6 is 0 Å². The molecule has 0 rings (SSSR count). The quantitative estimate of drug-likeness (QED) is 0.0261. The average Bonchev–Trinajstić information content (AvgIpc) is 3.40. The lowest BCUT2D eigenvalue weighted by Crippen LogP contribution is -2.30. The molecule has 1 unspecified atom stereocenters. The van der Waals surface area contributed by atoms with Crippen LogP contribution in [0.5, 0.6) is 0 Å². The van der Waals surface area contributed by atoms with Crippen molar-refractivity contribution in [2.24, 2.45) is 0 Å². The Bertz CT molecular complexity index is 1190. The van der Waals surface area contributed by atoms with Gasteiger partial charge < -0.3 is 14.2 Å². The van der Waals surface area contributed by atoms with Crippen molar-refractivity contribution in [1.82, 2.24) is 0 Å². The molecule has 0 aromatic heterocycles. The molecule has 0 aromatic carbocycles. The van der Waals surface area contributed by atoms with Gasteiger partial charge in [0.2, 0.25) is 0 Å². The van der Waals surface area contributed by atoms with Gasteiger partial charge in [0.1, 0.15) is 13.2 Å². The number of hydrogen-bond acceptors (Lipinski definition) is 6. The second-order valence-electron chi connectivity index (χ2n) is 22.7. The summed E-state index contributed by atoms with van der Waals surface area (Å²) in [5.41, 5.74) is 0. The molecule has 0 saturated carbocycles. The first-order chi connectivity index (χ1) is 36.5. The lowest BCUT2D eigenvalue weighted by Gasteiger charge is -2.18. The van der Waals surface area contributed by atoms with Crippen molar-refractivity contribution in [1.29, 1.82) is 0 Å².